The number of alkyl halides is 1. The van der Waals surface area contributed by atoms with Crippen LogP contribution in [-0.4, -0.2) is 47.0 Å². The number of Topliss-reactive ketones (excluding diaryl/α,β-unsaturated/α-hetero) is 1. The molecule has 1 aliphatic heterocycles. The first-order valence-electron chi connectivity index (χ1n) is 11.8. The monoisotopic (exact) mass is 497 g/mol. The summed E-state index contributed by atoms with van der Waals surface area (Å²) < 4.78 is 18.6. The Morgan fingerprint density at radius 2 is 1.69 bits per heavy atom. The normalized spacial score (nSPS) is 27.7. The molecular weight excluding hydrogens is 473 g/mol. The van der Waals surface area contributed by atoms with Gasteiger partial charge in [-0.2, -0.15) is 0 Å². The van der Waals surface area contributed by atoms with Gasteiger partial charge in [0.2, 0.25) is 17.6 Å². The number of hydrogen-bond donors (Lipinski definition) is 0. The Morgan fingerprint density at radius 3 is 2.37 bits per heavy atom. The number of esters is 1. The Labute approximate surface area is 207 Å². The van der Waals surface area contributed by atoms with E-state index in [1.165, 1.54) is 17.7 Å². The Kier molecular flexibility index (Phi) is 6.45. The van der Waals surface area contributed by atoms with Gasteiger partial charge in [0.05, 0.1) is 11.8 Å². The Balaban J connectivity index is 1.27. The molecular formula is C27H25ClFNO5. The molecule has 0 N–H and O–H groups in total. The van der Waals surface area contributed by atoms with Gasteiger partial charge < -0.3 is 4.74 Å². The third-order valence-corrected chi connectivity index (χ3v) is 7.91. The number of benzene rings is 2. The summed E-state index contributed by atoms with van der Waals surface area (Å²) in [6.45, 7) is -0.532. The lowest BCUT2D eigenvalue weighted by atomic mass is 9.73. The molecule has 0 aromatic heterocycles. The van der Waals surface area contributed by atoms with Gasteiger partial charge in [0, 0.05) is 17.9 Å². The highest BCUT2D eigenvalue weighted by Crippen LogP contribution is 2.61. The van der Waals surface area contributed by atoms with Gasteiger partial charge in [0.1, 0.15) is 12.4 Å². The van der Waals surface area contributed by atoms with Crippen molar-refractivity contribution in [1.29, 1.82) is 0 Å². The number of ether oxygens (including phenoxy) is 1. The van der Waals surface area contributed by atoms with E-state index in [1.807, 2.05) is 18.2 Å². The molecule has 3 fully saturated rings. The van der Waals surface area contributed by atoms with Crippen LogP contribution in [0.25, 0.3) is 0 Å². The second kappa shape index (κ2) is 9.53. The number of hydrogen-bond acceptors (Lipinski definition) is 5. The molecule has 2 aliphatic carbocycles. The minimum absolute atomic E-state index is 0.0551. The first-order valence-corrected chi connectivity index (χ1v) is 12.4. The number of likely N-dealkylation sites (tertiary alicyclic amines) is 1. The van der Waals surface area contributed by atoms with Crippen molar-refractivity contribution in [2.45, 2.75) is 31.3 Å². The van der Waals surface area contributed by atoms with Crippen LogP contribution in [0.5, 0.6) is 0 Å². The minimum Gasteiger partial charge on any atom is -0.453 e. The van der Waals surface area contributed by atoms with Crippen molar-refractivity contribution in [2.75, 3.05) is 12.4 Å². The largest absolute Gasteiger partial charge is 0.453 e. The maximum Gasteiger partial charge on any atom is 0.326 e. The number of amides is 2. The van der Waals surface area contributed by atoms with Crippen LogP contribution in [0, 0.1) is 29.5 Å². The van der Waals surface area contributed by atoms with Crippen LogP contribution in [0.3, 0.4) is 0 Å². The summed E-state index contributed by atoms with van der Waals surface area (Å²) in [4.78, 5) is 52.9. The molecule has 3 aliphatic rings. The van der Waals surface area contributed by atoms with Crippen LogP contribution in [0.4, 0.5) is 4.39 Å². The molecule has 2 amide bonds. The summed E-state index contributed by atoms with van der Waals surface area (Å²) in [5, 5.41) is 0. The number of carbonyl (C=O) groups excluding carboxylic acids is 4. The summed E-state index contributed by atoms with van der Waals surface area (Å²) >= 11 is 5.80. The smallest absolute Gasteiger partial charge is 0.326 e. The molecule has 6 atom stereocenters. The lowest BCUT2D eigenvalue weighted by Crippen LogP contribution is -2.40. The van der Waals surface area contributed by atoms with Crippen molar-refractivity contribution in [1.82, 2.24) is 4.90 Å². The zero-order valence-electron chi connectivity index (χ0n) is 18.9. The third kappa shape index (κ3) is 4.27. The SMILES string of the molecule is O=C(CN1C(=O)[C@@H]2[C@@H]3C[C@H]([C@H]2C1=O)[C@@H](c1ccccc1)C3)O[C@@H](CCCl)C(=O)c1ccc(F)cc1. The predicted octanol–water partition coefficient (Wildman–Crippen LogP) is 3.97. The summed E-state index contributed by atoms with van der Waals surface area (Å²) in [6.07, 6.45) is 0.571. The van der Waals surface area contributed by atoms with Crippen LogP contribution >= 0.6 is 11.6 Å². The summed E-state index contributed by atoms with van der Waals surface area (Å²) in [5.41, 5.74) is 1.36. The number of halogens is 2. The second-order valence-corrected chi connectivity index (χ2v) is 9.93. The van der Waals surface area contributed by atoms with E-state index in [0.29, 0.717) is 0 Å². The quantitative estimate of drug-likeness (QED) is 0.238. The van der Waals surface area contributed by atoms with Crippen LogP contribution in [0.2, 0.25) is 0 Å². The van der Waals surface area contributed by atoms with Gasteiger partial charge in [0.15, 0.2) is 6.10 Å². The molecule has 2 aromatic carbocycles. The standard InChI is InChI=1S/C27H25ClFNO5/c28-11-10-21(25(32)16-6-8-18(29)9-7-16)35-22(31)14-30-26(33)23-17-12-19(15-4-2-1-3-5-15)20(13-17)24(23)27(30)34/h1-9,17,19-21,23-24H,10-14H2/t17-,19+,20-,21-,23+,24+/m0/s1. The van der Waals surface area contributed by atoms with Crippen molar-refractivity contribution in [3.63, 3.8) is 0 Å². The molecule has 5 rings (SSSR count). The van der Waals surface area contributed by atoms with Crippen LogP contribution < -0.4 is 0 Å². The van der Waals surface area contributed by atoms with Crippen molar-refractivity contribution in [2.24, 2.45) is 23.7 Å². The zero-order valence-corrected chi connectivity index (χ0v) is 19.7. The molecule has 182 valence electrons. The van der Waals surface area contributed by atoms with Crippen molar-refractivity contribution in [3.8, 4) is 0 Å². The van der Waals surface area contributed by atoms with E-state index in [0.717, 1.165) is 29.9 Å². The molecule has 35 heavy (non-hydrogen) atoms. The highest BCUT2D eigenvalue weighted by Gasteiger charge is 2.64. The van der Waals surface area contributed by atoms with E-state index in [2.05, 4.69) is 12.1 Å². The van der Waals surface area contributed by atoms with Crippen molar-refractivity contribution >= 4 is 35.2 Å². The molecule has 0 radical (unpaired) electrons. The molecule has 1 heterocycles. The molecule has 2 bridgehead atoms. The number of fused-ring (bicyclic) bond motifs is 5. The average Bonchev–Trinajstić information content (AvgIpc) is 3.52. The fourth-order valence-corrected chi connectivity index (χ4v) is 6.43. The first-order chi connectivity index (χ1) is 16.9. The van der Waals surface area contributed by atoms with Gasteiger partial charge in [-0.25, -0.2) is 4.39 Å². The van der Waals surface area contributed by atoms with Gasteiger partial charge >= 0.3 is 5.97 Å². The number of imide groups is 1. The fourth-order valence-electron chi connectivity index (χ4n) is 6.23. The fraction of sp³-hybridized carbons (Fsp3) is 0.407. The number of rotatable bonds is 8. The molecule has 8 heteroatoms. The van der Waals surface area contributed by atoms with Crippen molar-refractivity contribution in [3.05, 3.63) is 71.5 Å². The predicted molar refractivity (Wildman–Crippen MR) is 125 cm³/mol. The van der Waals surface area contributed by atoms with Crippen LogP contribution in [-0.2, 0) is 19.1 Å². The summed E-state index contributed by atoms with van der Waals surface area (Å²) in [5.74, 6) is -2.83. The molecule has 0 spiro atoms. The topological polar surface area (TPSA) is 80.8 Å². The number of ketones is 1. The average molecular weight is 498 g/mol. The Hall–Kier alpha value is -3.06. The van der Waals surface area contributed by atoms with E-state index in [-0.39, 0.29) is 53.4 Å². The summed E-state index contributed by atoms with van der Waals surface area (Å²) in [6, 6.07) is 14.9. The van der Waals surface area contributed by atoms with Crippen LogP contribution in [0.1, 0.15) is 41.1 Å². The van der Waals surface area contributed by atoms with Gasteiger partial charge in [0.25, 0.3) is 0 Å². The lowest BCUT2D eigenvalue weighted by Gasteiger charge is -2.28. The molecule has 2 saturated carbocycles. The highest BCUT2D eigenvalue weighted by atomic mass is 35.5. The zero-order chi connectivity index (χ0) is 24.7. The number of nitrogens with zero attached hydrogens (tertiary/aromatic N) is 1. The van der Waals surface area contributed by atoms with Gasteiger partial charge in [-0.05, 0) is 60.4 Å². The van der Waals surface area contributed by atoms with E-state index in [4.69, 9.17) is 16.3 Å². The molecule has 2 aromatic rings. The second-order valence-electron chi connectivity index (χ2n) is 9.55. The minimum atomic E-state index is -1.18. The third-order valence-electron chi connectivity index (χ3n) is 7.69. The molecule has 1 saturated heterocycles. The Morgan fingerprint density at radius 1 is 1.00 bits per heavy atom. The Bertz CT molecular complexity index is 1150. The van der Waals surface area contributed by atoms with E-state index < -0.39 is 36.1 Å². The molecule has 0 unspecified atom stereocenters. The van der Waals surface area contributed by atoms with Crippen molar-refractivity contribution < 1.29 is 28.3 Å². The van der Waals surface area contributed by atoms with Crippen LogP contribution in [0.15, 0.2) is 54.6 Å². The maximum absolute atomic E-state index is 13.3. The van der Waals surface area contributed by atoms with E-state index >= 15 is 0 Å². The van der Waals surface area contributed by atoms with E-state index in [1.54, 1.807) is 0 Å². The van der Waals surface area contributed by atoms with Gasteiger partial charge in [-0.15, -0.1) is 11.6 Å². The maximum atomic E-state index is 13.3. The first kappa shape index (κ1) is 23.7. The summed E-state index contributed by atoms with van der Waals surface area (Å²) in [7, 11) is 0. The van der Waals surface area contributed by atoms with Gasteiger partial charge in [-0.3, -0.25) is 24.1 Å². The highest BCUT2D eigenvalue weighted by molar-refractivity contribution is 6.18. The molecule has 6 nitrogen and oxygen atoms in total. The number of carbonyl (C=O) groups is 4. The van der Waals surface area contributed by atoms with E-state index in [9.17, 15) is 23.6 Å². The van der Waals surface area contributed by atoms with Gasteiger partial charge in [-0.1, -0.05) is 30.3 Å². The lowest BCUT2D eigenvalue weighted by molar-refractivity contribution is -0.155.